The molecule has 1 aliphatic rings. The van der Waals surface area contributed by atoms with E-state index in [2.05, 4.69) is 19.2 Å². The van der Waals surface area contributed by atoms with Crippen molar-refractivity contribution in [3.63, 3.8) is 0 Å². The summed E-state index contributed by atoms with van der Waals surface area (Å²) in [6.07, 6.45) is 0.948. The van der Waals surface area contributed by atoms with E-state index in [1.165, 1.54) is 0 Å². The Balaban J connectivity index is 1.92. The number of morpholine rings is 1. The molecule has 5 nitrogen and oxygen atoms in total. The van der Waals surface area contributed by atoms with Crippen molar-refractivity contribution in [3.8, 4) is 0 Å². The molecule has 1 rings (SSSR count). The fourth-order valence-electron chi connectivity index (χ4n) is 1.74. The largest absolute Gasteiger partial charge is 0.381 e. The SMILES string of the molecule is CC(C)COCCCNCC(=O)N1CCOCC1. The molecule has 0 aromatic carbocycles. The average molecular weight is 258 g/mol. The van der Waals surface area contributed by atoms with E-state index in [9.17, 15) is 4.79 Å². The zero-order chi connectivity index (χ0) is 13.2. The third-order valence-corrected chi connectivity index (χ3v) is 2.73. The second-order valence-corrected chi connectivity index (χ2v) is 4.99. The van der Waals surface area contributed by atoms with Crippen molar-refractivity contribution in [3.05, 3.63) is 0 Å². The van der Waals surface area contributed by atoms with Crippen LogP contribution in [0.4, 0.5) is 0 Å². The van der Waals surface area contributed by atoms with E-state index < -0.39 is 0 Å². The zero-order valence-electron chi connectivity index (χ0n) is 11.6. The van der Waals surface area contributed by atoms with Gasteiger partial charge in [-0.25, -0.2) is 0 Å². The minimum absolute atomic E-state index is 0.168. The van der Waals surface area contributed by atoms with E-state index in [1.54, 1.807) is 0 Å². The lowest BCUT2D eigenvalue weighted by atomic mass is 10.2. The van der Waals surface area contributed by atoms with E-state index >= 15 is 0 Å². The summed E-state index contributed by atoms with van der Waals surface area (Å²) in [4.78, 5) is 13.6. The Morgan fingerprint density at radius 3 is 2.78 bits per heavy atom. The van der Waals surface area contributed by atoms with E-state index in [4.69, 9.17) is 9.47 Å². The first-order valence-electron chi connectivity index (χ1n) is 6.84. The number of hydrogen-bond donors (Lipinski definition) is 1. The van der Waals surface area contributed by atoms with Gasteiger partial charge in [-0.1, -0.05) is 13.8 Å². The molecule has 0 atom stereocenters. The molecule has 1 saturated heterocycles. The van der Waals surface area contributed by atoms with Gasteiger partial charge >= 0.3 is 0 Å². The highest BCUT2D eigenvalue weighted by Gasteiger charge is 2.15. The Bertz CT molecular complexity index is 228. The quantitative estimate of drug-likeness (QED) is 0.644. The molecular weight excluding hydrogens is 232 g/mol. The summed E-state index contributed by atoms with van der Waals surface area (Å²) in [6.45, 7) is 9.86. The summed E-state index contributed by atoms with van der Waals surface area (Å²) in [5.74, 6) is 0.752. The number of hydrogen-bond acceptors (Lipinski definition) is 4. The minimum atomic E-state index is 0.168. The maximum Gasteiger partial charge on any atom is 0.236 e. The minimum Gasteiger partial charge on any atom is -0.381 e. The summed E-state index contributed by atoms with van der Waals surface area (Å²) in [7, 11) is 0. The van der Waals surface area contributed by atoms with Gasteiger partial charge in [-0.15, -0.1) is 0 Å². The maximum absolute atomic E-state index is 11.8. The Kier molecular flexibility index (Phi) is 7.96. The molecule has 0 aromatic heterocycles. The Morgan fingerprint density at radius 2 is 2.11 bits per heavy atom. The van der Waals surface area contributed by atoms with Crippen LogP contribution in [0.25, 0.3) is 0 Å². The molecule has 1 N–H and O–H groups in total. The van der Waals surface area contributed by atoms with Crippen LogP contribution in [0, 0.1) is 5.92 Å². The van der Waals surface area contributed by atoms with Crippen LogP contribution in [-0.2, 0) is 14.3 Å². The third kappa shape index (κ3) is 6.93. The molecule has 1 heterocycles. The number of carbonyl (C=O) groups excluding carboxylic acids is 1. The normalized spacial score (nSPS) is 16.3. The smallest absolute Gasteiger partial charge is 0.236 e. The highest BCUT2D eigenvalue weighted by atomic mass is 16.5. The van der Waals surface area contributed by atoms with Gasteiger partial charge in [-0.05, 0) is 18.9 Å². The van der Waals surface area contributed by atoms with Crippen molar-refractivity contribution in [2.75, 3.05) is 52.6 Å². The lowest BCUT2D eigenvalue weighted by molar-refractivity contribution is -0.134. The molecule has 1 aliphatic heterocycles. The molecule has 18 heavy (non-hydrogen) atoms. The molecule has 0 unspecified atom stereocenters. The Hall–Kier alpha value is -0.650. The van der Waals surface area contributed by atoms with Crippen LogP contribution in [0.3, 0.4) is 0 Å². The topological polar surface area (TPSA) is 50.8 Å². The van der Waals surface area contributed by atoms with Crippen molar-refractivity contribution in [1.29, 1.82) is 0 Å². The average Bonchev–Trinajstić information content (AvgIpc) is 2.38. The monoisotopic (exact) mass is 258 g/mol. The highest BCUT2D eigenvalue weighted by Crippen LogP contribution is 1.96. The third-order valence-electron chi connectivity index (χ3n) is 2.73. The van der Waals surface area contributed by atoms with Gasteiger partial charge in [-0.2, -0.15) is 0 Å². The van der Waals surface area contributed by atoms with E-state index in [0.717, 1.165) is 39.3 Å². The standard InChI is InChI=1S/C13H26N2O3/c1-12(2)11-18-7-3-4-14-10-13(16)15-5-8-17-9-6-15/h12,14H,3-11H2,1-2H3. The molecular formula is C13H26N2O3. The molecule has 0 bridgehead atoms. The van der Waals surface area contributed by atoms with Gasteiger partial charge in [0.25, 0.3) is 0 Å². The van der Waals surface area contributed by atoms with Crippen LogP contribution in [0.15, 0.2) is 0 Å². The van der Waals surface area contributed by atoms with Crippen LogP contribution in [-0.4, -0.2) is 63.4 Å². The number of nitrogens with one attached hydrogen (secondary N) is 1. The van der Waals surface area contributed by atoms with Gasteiger partial charge < -0.3 is 19.7 Å². The Labute approximate surface area is 110 Å². The van der Waals surface area contributed by atoms with Gasteiger partial charge in [0.2, 0.25) is 5.91 Å². The maximum atomic E-state index is 11.8. The molecule has 0 aliphatic carbocycles. The first kappa shape index (κ1) is 15.4. The number of nitrogens with zero attached hydrogens (tertiary/aromatic N) is 1. The first-order valence-corrected chi connectivity index (χ1v) is 6.84. The summed E-state index contributed by atoms with van der Waals surface area (Å²) in [5, 5.41) is 3.16. The number of amides is 1. The van der Waals surface area contributed by atoms with E-state index in [0.29, 0.717) is 25.7 Å². The second-order valence-electron chi connectivity index (χ2n) is 4.99. The summed E-state index contributed by atoms with van der Waals surface area (Å²) >= 11 is 0. The molecule has 0 radical (unpaired) electrons. The van der Waals surface area contributed by atoms with Gasteiger partial charge in [0.1, 0.15) is 0 Å². The molecule has 0 spiro atoms. The van der Waals surface area contributed by atoms with E-state index in [1.807, 2.05) is 4.90 Å². The van der Waals surface area contributed by atoms with Crippen LogP contribution in [0.5, 0.6) is 0 Å². The summed E-state index contributed by atoms with van der Waals surface area (Å²) in [5.41, 5.74) is 0. The predicted octanol–water partition coefficient (Wildman–Crippen LogP) is 0.498. The molecule has 106 valence electrons. The van der Waals surface area contributed by atoms with Gasteiger partial charge in [0, 0.05) is 26.3 Å². The molecule has 5 heteroatoms. The number of rotatable bonds is 8. The fraction of sp³-hybridized carbons (Fsp3) is 0.923. The summed E-state index contributed by atoms with van der Waals surface area (Å²) < 4.78 is 10.7. The molecule has 0 saturated carbocycles. The predicted molar refractivity (Wildman–Crippen MR) is 70.5 cm³/mol. The zero-order valence-corrected chi connectivity index (χ0v) is 11.6. The lowest BCUT2D eigenvalue weighted by Crippen LogP contribution is -2.44. The van der Waals surface area contributed by atoms with Crippen molar-refractivity contribution < 1.29 is 14.3 Å². The van der Waals surface area contributed by atoms with Gasteiger partial charge in [0.05, 0.1) is 19.8 Å². The van der Waals surface area contributed by atoms with Crippen LogP contribution in [0.2, 0.25) is 0 Å². The number of ether oxygens (including phenoxy) is 2. The van der Waals surface area contributed by atoms with Crippen molar-refractivity contribution >= 4 is 5.91 Å². The van der Waals surface area contributed by atoms with Crippen LogP contribution in [0.1, 0.15) is 20.3 Å². The summed E-state index contributed by atoms with van der Waals surface area (Å²) in [6, 6.07) is 0. The van der Waals surface area contributed by atoms with Crippen molar-refractivity contribution in [2.45, 2.75) is 20.3 Å². The fourth-order valence-corrected chi connectivity index (χ4v) is 1.74. The van der Waals surface area contributed by atoms with Crippen molar-refractivity contribution in [1.82, 2.24) is 10.2 Å². The molecule has 1 amide bonds. The number of carbonyl (C=O) groups is 1. The first-order chi connectivity index (χ1) is 8.70. The molecule has 0 aromatic rings. The molecule has 1 fully saturated rings. The van der Waals surface area contributed by atoms with E-state index in [-0.39, 0.29) is 5.91 Å². The Morgan fingerprint density at radius 1 is 1.39 bits per heavy atom. The highest BCUT2D eigenvalue weighted by molar-refractivity contribution is 5.78. The van der Waals surface area contributed by atoms with Crippen LogP contribution < -0.4 is 5.32 Å². The second kappa shape index (κ2) is 9.30. The van der Waals surface area contributed by atoms with Crippen LogP contribution >= 0.6 is 0 Å². The van der Waals surface area contributed by atoms with Gasteiger partial charge in [-0.3, -0.25) is 4.79 Å². The van der Waals surface area contributed by atoms with Crippen molar-refractivity contribution in [2.24, 2.45) is 5.92 Å². The lowest BCUT2D eigenvalue weighted by Gasteiger charge is -2.26. The van der Waals surface area contributed by atoms with Gasteiger partial charge in [0.15, 0.2) is 0 Å².